The molecular weight excluding hydrogens is 286 g/mol. The molecule has 1 unspecified atom stereocenters. The van der Waals surface area contributed by atoms with Crippen LogP contribution in [0.25, 0.3) is 0 Å². The average Bonchev–Trinajstić information content (AvgIpc) is 2.62. The zero-order valence-corrected chi connectivity index (χ0v) is 14.1. The number of nitriles is 1. The number of hydrogen-bond donors (Lipinski definition) is 0. The van der Waals surface area contributed by atoms with Gasteiger partial charge in [-0.3, -0.25) is 0 Å². The predicted octanol–water partition coefficient (Wildman–Crippen LogP) is 2.83. The molecule has 2 fully saturated rings. The van der Waals surface area contributed by atoms with E-state index >= 15 is 0 Å². The van der Waals surface area contributed by atoms with Crippen LogP contribution in [-0.2, 0) is 0 Å². The number of likely N-dealkylation sites (tertiary alicyclic amines) is 1. The van der Waals surface area contributed by atoms with Crippen molar-refractivity contribution >= 4 is 5.82 Å². The average molecular weight is 313 g/mol. The molecule has 2 aliphatic heterocycles. The Hall–Kier alpha value is -1.67. The zero-order valence-electron chi connectivity index (χ0n) is 14.1. The van der Waals surface area contributed by atoms with E-state index in [1.807, 2.05) is 6.07 Å². The zero-order chi connectivity index (χ0) is 16.1. The third-order valence-electron chi connectivity index (χ3n) is 5.46. The summed E-state index contributed by atoms with van der Waals surface area (Å²) in [6.07, 6.45) is 11.3. The van der Waals surface area contributed by atoms with Crippen LogP contribution in [0.4, 0.5) is 5.82 Å². The predicted molar refractivity (Wildman–Crippen MR) is 91.2 cm³/mol. The van der Waals surface area contributed by atoms with Gasteiger partial charge in [0.2, 0.25) is 0 Å². The van der Waals surface area contributed by atoms with Crippen LogP contribution < -0.4 is 4.90 Å². The third kappa shape index (κ3) is 4.20. The Kier molecular flexibility index (Phi) is 5.45. The Morgan fingerprint density at radius 3 is 2.61 bits per heavy atom. The molecule has 1 atom stereocenters. The molecule has 2 aliphatic rings. The molecule has 1 aromatic rings. The first kappa shape index (κ1) is 16.2. The quantitative estimate of drug-likeness (QED) is 0.855. The number of aromatic nitrogens is 2. The first-order valence-electron chi connectivity index (χ1n) is 8.97. The maximum Gasteiger partial charge on any atom is 0.158 e. The number of nitrogens with zero attached hydrogens (tertiary/aromatic N) is 5. The van der Waals surface area contributed by atoms with Crippen molar-refractivity contribution in [3.05, 3.63) is 18.1 Å². The molecule has 0 radical (unpaired) electrons. The second kappa shape index (κ2) is 7.74. The molecule has 1 aromatic heterocycles. The first-order chi connectivity index (χ1) is 11.3. The summed E-state index contributed by atoms with van der Waals surface area (Å²) in [5, 5.41) is 8.79. The van der Waals surface area contributed by atoms with Crippen LogP contribution in [0.15, 0.2) is 12.4 Å². The van der Waals surface area contributed by atoms with Gasteiger partial charge in [-0.2, -0.15) is 5.26 Å². The smallest absolute Gasteiger partial charge is 0.158 e. The third-order valence-corrected chi connectivity index (χ3v) is 5.46. The minimum absolute atomic E-state index is 0.388. The molecule has 0 N–H and O–H groups in total. The van der Waals surface area contributed by atoms with Crippen LogP contribution >= 0.6 is 0 Å². The van der Waals surface area contributed by atoms with Crippen molar-refractivity contribution in [3.63, 3.8) is 0 Å². The highest BCUT2D eigenvalue weighted by Gasteiger charge is 2.23. The van der Waals surface area contributed by atoms with Crippen LogP contribution in [-0.4, -0.2) is 47.1 Å². The summed E-state index contributed by atoms with van der Waals surface area (Å²) in [5.74, 6) is 1.75. The number of anilines is 1. The molecule has 3 rings (SSSR count). The van der Waals surface area contributed by atoms with Crippen LogP contribution in [0.3, 0.4) is 0 Å². The van der Waals surface area contributed by atoms with Gasteiger partial charge in [-0.25, -0.2) is 9.97 Å². The summed E-state index contributed by atoms with van der Waals surface area (Å²) in [6, 6.07) is 2.79. The van der Waals surface area contributed by atoms with Crippen molar-refractivity contribution < 1.29 is 0 Å². The standard InChI is InChI=1S/C18H27N5/c1-15-4-2-3-8-22(15)9-5-16-6-10-23(11-7-16)18-14-20-17(12-19)13-21-18/h13-16H,2-11H2,1H3. The van der Waals surface area contributed by atoms with Gasteiger partial charge < -0.3 is 9.80 Å². The van der Waals surface area contributed by atoms with Crippen molar-refractivity contribution in [1.82, 2.24) is 14.9 Å². The Morgan fingerprint density at radius 1 is 1.13 bits per heavy atom. The molecule has 0 bridgehead atoms. The number of hydrogen-bond acceptors (Lipinski definition) is 5. The fourth-order valence-electron chi connectivity index (χ4n) is 3.83. The maximum atomic E-state index is 8.79. The van der Waals surface area contributed by atoms with Gasteiger partial charge in [-0.05, 0) is 58.0 Å². The minimum atomic E-state index is 0.388. The van der Waals surface area contributed by atoms with Crippen LogP contribution in [0.5, 0.6) is 0 Å². The summed E-state index contributed by atoms with van der Waals surface area (Å²) in [5.41, 5.74) is 0.388. The van der Waals surface area contributed by atoms with E-state index in [4.69, 9.17) is 5.26 Å². The van der Waals surface area contributed by atoms with Crippen molar-refractivity contribution in [2.24, 2.45) is 5.92 Å². The molecule has 124 valence electrons. The molecule has 0 aromatic carbocycles. The van der Waals surface area contributed by atoms with E-state index in [9.17, 15) is 0 Å². The summed E-state index contributed by atoms with van der Waals surface area (Å²) in [7, 11) is 0. The lowest BCUT2D eigenvalue weighted by Gasteiger charge is -2.36. The fourth-order valence-corrected chi connectivity index (χ4v) is 3.83. The molecule has 0 aliphatic carbocycles. The number of rotatable bonds is 4. The monoisotopic (exact) mass is 313 g/mol. The topological polar surface area (TPSA) is 56.0 Å². The lowest BCUT2D eigenvalue weighted by atomic mass is 9.92. The van der Waals surface area contributed by atoms with Crippen LogP contribution in [0.2, 0.25) is 0 Å². The largest absolute Gasteiger partial charge is 0.355 e. The lowest BCUT2D eigenvalue weighted by Crippen LogP contribution is -2.40. The summed E-state index contributed by atoms with van der Waals surface area (Å²) in [6.45, 7) is 7.05. The molecule has 2 saturated heterocycles. The van der Waals surface area contributed by atoms with E-state index in [-0.39, 0.29) is 0 Å². The SMILES string of the molecule is CC1CCCCN1CCC1CCN(c2cnc(C#N)cn2)CC1. The lowest BCUT2D eigenvalue weighted by molar-refractivity contribution is 0.147. The van der Waals surface area contributed by atoms with E-state index in [0.717, 1.165) is 30.9 Å². The van der Waals surface area contributed by atoms with E-state index in [1.165, 1.54) is 51.6 Å². The van der Waals surface area contributed by atoms with Crippen LogP contribution in [0, 0.1) is 17.2 Å². The second-order valence-electron chi connectivity index (χ2n) is 6.97. The molecule has 5 nitrogen and oxygen atoms in total. The molecule has 5 heteroatoms. The Balaban J connectivity index is 1.43. The van der Waals surface area contributed by atoms with E-state index < -0.39 is 0 Å². The Morgan fingerprint density at radius 2 is 1.96 bits per heavy atom. The van der Waals surface area contributed by atoms with Crippen molar-refractivity contribution in [3.8, 4) is 6.07 Å². The van der Waals surface area contributed by atoms with Gasteiger partial charge in [0.25, 0.3) is 0 Å². The highest BCUT2D eigenvalue weighted by Crippen LogP contribution is 2.25. The maximum absolute atomic E-state index is 8.79. The molecule has 0 amide bonds. The minimum Gasteiger partial charge on any atom is -0.355 e. The van der Waals surface area contributed by atoms with Gasteiger partial charge >= 0.3 is 0 Å². The van der Waals surface area contributed by atoms with Gasteiger partial charge in [-0.1, -0.05) is 6.42 Å². The second-order valence-corrected chi connectivity index (χ2v) is 6.97. The molecule has 23 heavy (non-hydrogen) atoms. The highest BCUT2D eigenvalue weighted by atomic mass is 15.2. The van der Waals surface area contributed by atoms with Crippen LogP contribution in [0.1, 0.15) is 51.1 Å². The fraction of sp³-hybridized carbons (Fsp3) is 0.722. The van der Waals surface area contributed by atoms with Gasteiger partial charge in [0.05, 0.1) is 12.4 Å². The van der Waals surface area contributed by atoms with E-state index in [0.29, 0.717) is 5.69 Å². The summed E-state index contributed by atoms with van der Waals surface area (Å²) >= 11 is 0. The molecule has 3 heterocycles. The van der Waals surface area contributed by atoms with Crippen molar-refractivity contribution in [2.45, 2.75) is 51.5 Å². The van der Waals surface area contributed by atoms with Gasteiger partial charge in [0.1, 0.15) is 11.9 Å². The Labute approximate surface area is 139 Å². The number of piperidine rings is 2. The highest BCUT2D eigenvalue weighted by molar-refractivity contribution is 5.37. The van der Waals surface area contributed by atoms with Crippen molar-refractivity contribution in [2.75, 3.05) is 31.1 Å². The van der Waals surface area contributed by atoms with E-state index in [2.05, 4.69) is 26.7 Å². The normalized spacial score (nSPS) is 23.7. The Bertz CT molecular complexity index is 527. The first-order valence-corrected chi connectivity index (χ1v) is 8.97. The van der Waals surface area contributed by atoms with E-state index in [1.54, 1.807) is 12.4 Å². The molecule has 0 spiro atoms. The molecule has 0 saturated carbocycles. The summed E-state index contributed by atoms with van der Waals surface area (Å²) in [4.78, 5) is 13.5. The van der Waals surface area contributed by atoms with Gasteiger partial charge in [-0.15, -0.1) is 0 Å². The summed E-state index contributed by atoms with van der Waals surface area (Å²) < 4.78 is 0. The van der Waals surface area contributed by atoms with Crippen molar-refractivity contribution in [1.29, 1.82) is 5.26 Å². The molecular formula is C18H27N5. The van der Waals surface area contributed by atoms with Gasteiger partial charge in [0, 0.05) is 19.1 Å². The van der Waals surface area contributed by atoms with Gasteiger partial charge in [0.15, 0.2) is 5.69 Å².